The van der Waals surface area contributed by atoms with Gasteiger partial charge < -0.3 is 9.84 Å². The quantitative estimate of drug-likeness (QED) is 0.600. The lowest BCUT2D eigenvalue weighted by atomic mass is 9.80. The van der Waals surface area contributed by atoms with E-state index in [-0.39, 0.29) is 17.5 Å². The molecule has 0 bridgehead atoms. The second-order valence-corrected chi connectivity index (χ2v) is 7.61. The molecule has 1 saturated heterocycles. The molecule has 120 valence electrons. The Morgan fingerprint density at radius 1 is 1.48 bits per heavy atom. The van der Waals surface area contributed by atoms with Gasteiger partial charge in [-0.3, -0.25) is 4.79 Å². The van der Waals surface area contributed by atoms with Gasteiger partial charge in [0.2, 0.25) is 0 Å². The lowest BCUT2D eigenvalue weighted by molar-refractivity contribution is -0.141. The van der Waals surface area contributed by atoms with Gasteiger partial charge >= 0.3 is 5.97 Å². The molecule has 1 saturated carbocycles. The summed E-state index contributed by atoms with van der Waals surface area (Å²) in [5.41, 5.74) is -0.0876. The summed E-state index contributed by atoms with van der Waals surface area (Å²) in [7, 11) is 0. The van der Waals surface area contributed by atoms with Gasteiger partial charge in [0.1, 0.15) is 6.10 Å². The van der Waals surface area contributed by atoms with Crippen molar-refractivity contribution in [3.63, 3.8) is 0 Å². The van der Waals surface area contributed by atoms with Crippen LogP contribution in [0.3, 0.4) is 0 Å². The van der Waals surface area contributed by atoms with Crippen molar-refractivity contribution in [3.05, 3.63) is 12.2 Å². The maximum atomic E-state index is 11.4. The standard InChI is InChI=1S/C18H30O3/c1-5-6-9-18(3,4)16(19)8-7-13-12(2)10-15-14(13)11-17(20)21-15/h7-8,12-16,19H,5-6,9-11H2,1-4H3/t12-,13+,14-,15+,16?/m1/s1. The van der Waals surface area contributed by atoms with E-state index in [1.165, 1.54) is 0 Å². The molecule has 1 heterocycles. The van der Waals surface area contributed by atoms with Crippen molar-refractivity contribution >= 4 is 5.97 Å². The van der Waals surface area contributed by atoms with E-state index in [0.717, 1.165) is 25.7 Å². The van der Waals surface area contributed by atoms with E-state index in [9.17, 15) is 9.90 Å². The zero-order valence-electron chi connectivity index (χ0n) is 13.8. The zero-order chi connectivity index (χ0) is 15.6. The molecule has 2 rings (SSSR count). The molecule has 1 aliphatic carbocycles. The summed E-state index contributed by atoms with van der Waals surface area (Å²) in [5.74, 6) is 1.14. The van der Waals surface area contributed by atoms with E-state index in [0.29, 0.717) is 24.2 Å². The van der Waals surface area contributed by atoms with Gasteiger partial charge in [0.05, 0.1) is 12.5 Å². The zero-order valence-corrected chi connectivity index (χ0v) is 13.8. The predicted molar refractivity (Wildman–Crippen MR) is 83.7 cm³/mol. The summed E-state index contributed by atoms with van der Waals surface area (Å²) >= 11 is 0. The Balaban J connectivity index is 1.98. The van der Waals surface area contributed by atoms with Crippen LogP contribution in [0.1, 0.15) is 59.8 Å². The van der Waals surface area contributed by atoms with Crippen molar-refractivity contribution in [3.8, 4) is 0 Å². The van der Waals surface area contributed by atoms with E-state index < -0.39 is 6.10 Å². The first kappa shape index (κ1) is 16.5. The molecule has 2 aliphatic rings. The maximum absolute atomic E-state index is 11.4. The Hall–Kier alpha value is -0.830. The summed E-state index contributed by atoms with van der Waals surface area (Å²) in [6.45, 7) is 8.65. The number of carbonyl (C=O) groups is 1. The second-order valence-electron chi connectivity index (χ2n) is 7.61. The molecule has 1 aliphatic heterocycles. The molecule has 0 aromatic heterocycles. The van der Waals surface area contributed by atoms with Gasteiger partial charge in [0, 0.05) is 5.92 Å². The highest BCUT2D eigenvalue weighted by Crippen LogP contribution is 2.45. The molecule has 0 aromatic rings. The van der Waals surface area contributed by atoms with Crippen molar-refractivity contribution in [2.75, 3.05) is 0 Å². The van der Waals surface area contributed by atoms with Crippen molar-refractivity contribution in [1.29, 1.82) is 0 Å². The summed E-state index contributed by atoms with van der Waals surface area (Å²) < 4.78 is 5.38. The highest BCUT2D eigenvalue weighted by atomic mass is 16.6. The van der Waals surface area contributed by atoms with Crippen LogP contribution in [0.5, 0.6) is 0 Å². The molecule has 21 heavy (non-hydrogen) atoms. The Kier molecular flexibility index (Phi) is 5.13. The molecule has 0 radical (unpaired) electrons. The topological polar surface area (TPSA) is 46.5 Å². The van der Waals surface area contributed by atoms with E-state index in [1.807, 2.05) is 6.08 Å². The summed E-state index contributed by atoms with van der Waals surface area (Å²) in [6, 6.07) is 0. The van der Waals surface area contributed by atoms with Crippen LogP contribution in [0.2, 0.25) is 0 Å². The third-order valence-electron chi connectivity index (χ3n) is 5.41. The molecule has 0 amide bonds. The van der Waals surface area contributed by atoms with Gasteiger partial charge in [0.25, 0.3) is 0 Å². The van der Waals surface area contributed by atoms with Crippen LogP contribution < -0.4 is 0 Å². The minimum Gasteiger partial charge on any atom is -0.462 e. The number of aliphatic hydroxyl groups is 1. The van der Waals surface area contributed by atoms with E-state index in [2.05, 4.69) is 33.8 Å². The average molecular weight is 294 g/mol. The predicted octanol–water partition coefficient (Wildman–Crippen LogP) is 3.71. The second kappa shape index (κ2) is 6.51. The van der Waals surface area contributed by atoms with Crippen molar-refractivity contribution < 1.29 is 14.6 Å². The number of carbonyl (C=O) groups excluding carboxylic acids is 1. The first-order chi connectivity index (χ1) is 9.85. The molecule has 0 spiro atoms. The first-order valence-corrected chi connectivity index (χ1v) is 8.41. The van der Waals surface area contributed by atoms with Crippen LogP contribution in [0, 0.1) is 23.2 Å². The Labute approximate surface area is 128 Å². The fourth-order valence-electron chi connectivity index (χ4n) is 3.79. The lowest BCUT2D eigenvalue weighted by Gasteiger charge is -2.29. The molecule has 3 heteroatoms. The van der Waals surface area contributed by atoms with E-state index >= 15 is 0 Å². The van der Waals surface area contributed by atoms with Gasteiger partial charge in [-0.1, -0.05) is 52.7 Å². The van der Waals surface area contributed by atoms with Crippen molar-refractivity contribution in [1.82, 2.24) is 0 Å². The van der Waals surface area contributed by atoms with Crippen LogP contribution in [0.4, 0.5) is 0 Å². The number of unbranched alkanes of at least 4 members (excludes halogenated alkanes) is 1. The summed E-state index contributed by atoms with van der Waals surface area (Å²) in [4.78, 5) is 11.4. The van der Waals surface area contributed by atoms with Crippen LogP contribution in [0.25, 0.3) is 0 Å². The third kappa shape index (κ3) is 3.68. The molecule has 3 nitrogen and oxygen atoms in total. The highest BCUT2D eigenvalue weighted by Gasteiger charge is 2.47. The minimum absolute atomic E-state index is 0.0564. The Morgan fingerprint density at radius 3 is 2.86 bits per heavy atom. The fraction of sp³-hybridized carbons (Fsp3) is 0.833. The number of allylic oxidation sites excluding steroid dienone is 1. The van der Waals surface area contributed by atoms with Crippen LogP contribution >= 0.6 is 0 Å². The monoisotopic (exact) mass is 294 g/mol. The molecule has 2 fully saturated rings. The molecule has 0 aromatic carbocycles. The normalized spacial score (nSPS) is 34.2. The van der Waals surface area contributed by atoms with Gasteiger partial charge in [-0.25, -0.2) is 0 Å². The molecular formula is C18H30O3. The number of rotatable bonds is 6. The minimum atomic E-state index is -0.423. The number of fused-ring (bicyclic) bond motifs is 1. The molecule has 1 unspecified atom stereocenters. The van der Waals surface area contributed by atoms with Gasteiger partial charge in [-0.15, -0.1) is 0 Å². The SMILES string of the molecule is CCCCC(C)(C)C(O)C=C[C@@H]1[C@H]2CC(=O)O[C@H]2C[C@H]1C. The maximum Gasteiger partial charge on any atom is 0.306 e. The third-order valence-corrected chi connectivity index (χ3v) is 5.41. The largest absolute Gasteiger partial charge is 0.462 e. The molecule has 1 N–H and O–H groups in total. The van der Waals surface area contributed by atoms with Crippen LogP contribution in [0.15, 0.2) is 12.2 Å². The fourth-order valence-corrected chi connectivity index (χ4v) is 3.79. The van der Waals surface area contributed by atoms with Gasteiger partial charge in [-0.2, -0.15) is 0 Å². The van der Waals surface area contributed by atoms with Gasteiger partial charge in [-0.05, 0) is 30.1 Å². The van der Waals surface area contributed by atoms with Crippen LogP contribution in [-0.2, 0) is 9.53 Å². The average Bonchev–Trinajstić information content (AvgIpc) is 2.89. The Morgan fingerprint density at radius 2 is 2.19 bits per heavy atom. The van der Waals surface area contributed by atoms with Gasteiger partial charge in [0.15, 0.2) is 0 Å². The van der Waals surface area contributed by atoms with Crippen molar-refractivity contribution in [2.45, 2.75) is 72.0 Å². The van der Waals surface area contributed by atoms with E-state index in [1.54, 1.807) is 0 Å². The number of aliphatic hydroxyl groups excluding tert-OH is 1. The molecular weight excluding hydrogens is 264 g/mol. The molecule has 5 atom stereocenters. The first-order valence-electron chi connectivity index (χ1n) is 8.41. The smallest absolute Gasteiger partial charge is 0.306 e. The highest BCUT2D eigenvalue weighted by molar-refractivity contribution is 5.72. The number of ether oxygens (including phenoxy) is 1. The number of hydrogen-bond donors (Lipinski definition) is 1. The van der Waals surface area contributed by atoms with Crippen molar-refractivity contribution in [2.24, 2.45) is 23.2 Å². The summed E-state index contributed by atoms with van der Waals surface area (Å²) in [6.07, 6.45) is 8.62. The summed E-state index contributed by atoms with van der Waals surface area (Å²) in [5, 5.41) is 10.5. The number of esters is 1. The lowest BCUT2D eigenvalue weighted by Crippen LogP contribution is -2.28. The van der Waals surface area contributed by atoms with Crippen LogP contribution in [-0.4, -0.2) is 23.3 Å². The number of hydrogen-bond acceptors (Lipinski definition) is 3. The Bertz CT molecular complexity index is 399. The van der Waals surface area contributed by atoms with E-state index in [4.69, 9.17) is 4.74 Å².